The van der Waals surface area contributed by atoms with Crippen LogP contribution in [0.3, 0.4) is 0 Å². The molecule has 3 aromatic rings. The summed E-state index contributed by atoms with van der Waals surface area (Å²) in [5, 5.41) is 8.09. The average molecular weight is 395 g/mol. The van der Waals surface area contributed by atoms with Crippen molar-refractivity contribution in [1.29, 1.82) is 0 Å². The van der Waals surface area contributed by atoms with Gasteiger partial charge in [0.15, 0.2) is 0 Å². The number of rotatable bonds is 5. The van der Waals surface area contributed by atoms with E-state index in [1.165, 1.54) is 0 Å². The third kappa shape index (κ3) is 4.07. The lowest BCUT2D eigenvalue weighted by atomic mass is 10.1. The van der Waals surface area contributed by atoms with Crippen LogP contribution in [0.15, 0.2) is 45.4 Å². The molecule has 3 heterocycles. The van der Waals surface area contributed by atoms with Gasteiger partial charge in [0.25, 0.3) is 5.91 Å². The van der Waals surface area contributed by atoms with Crippen molar-refractivity contribution in [3.05, 3.63) is 53.7 Å². The van der Waals surface area contributed by atoms with E-state index in [4.69, 9.17) is 9.05 Å². The van der Waals surface area contributed by atoms with Gasteiger partial charge in [0.05, 0.1) is 11.7 Å². The highest BCUT2D eigenvalue weighted by Crippen LogP contribution is 2.24. The first-order chi connectivity index (χ1) is 14.0. The molecule has 0 unspecified atom stereocenters. The van der Waals surface area contributed by atoms with E-state index >= 15 is 0 Å². The summed E-state index contributed by atoms with van der Waals surface area (Å²) in [4.78, 5) is 21.3. The van der Waals surface area contributed by atoms with Crippen LogP contribution < -0.4 is 0 Å². The molecule has 0 radical (unpaired) electrons. The molecule has 1 amide bonds. The molecule has 2 aromatic heterocycles. The first kappa shape index (κ1) is 19.3. The number of hydrogen-bond acceptors (Lipinski definition) is 7. The van der Waals surface area contributed by atoms with Crippen molar-refractivity contribution in [2.24, 2.45) is 0 Å². The normalized spacial score (nSPS) is 16.3. The average Bonchev–Trinajstić information content (AvgIpc) is 3.44. The maximum absolute atomic E-state index is 12.7. The number of nitrogens with zero attached hydrogens (tertiary/aromatic N) is 5. The third-order valence-corrected chi connectivity index (χ3v) is 5.31. The lowest BCUT2D eigenvalue weighted by Crippen LogP contribution is -2.49. The SMILES string of the molecule is CC(C)c1cc(C(=O)N2CCN([C@H](C)c3nc(-c4ccccc4)no3)CC2)on1. The predicted octanol–water partition coefficient (Wildman–Crippen LogP) is 3.37. The van der Waals surface area contributed by atoms with E-state index in [0.717, 1.165) is 24.3 Å². The number of piperazine rings is 1. The summed E-state index contributed by atoms with van der Waals surface area (Å²) in [5.41, 5.74) is 1.73. The summed E-state index contributed by atoms with van der Waals surface area (Å²) in [6.45, 7) is 8.76. The zero-order valence-corrected chi connectivity index (χ0v) is 16.9. The van der Waals surface area contributed by atoms with E-state index in [1.54, 1.807) is 11.0 Å². The van der Waals surface area contributed by atoms with Crippen LogP contribution in [-0.2, 0) is 0 Å². The molecule has 0 spiro atoms. The van der Waals surface area contributed by atoms with Crippen molar-refractivity contribution in [3.63, 3.8) is 0 Å². The smallest absolute Gasteiger partial charge is 0.292 e. The Bertz CT molecular complexity index is 958. The molecule has 0 bridgehead atoms. The van der Waals surface area contributed by atoms with Gasteiger partial charge in [0.1, 0.15) is 0 Å². The second-order valence-electron chi connectivity index (χ2n) is 7.60. The maximum atomic E-state index is 12.7. The standard InChI is InChI=1S/C21H25N5O3/c1-14(2)17-13-18(28-23-17)21(27)26-11-9-25(10-12-26)15(3)20-22-19(24-29-20)16-7-5-4-6-8-16/h4-8,13-15H,9-12H2,1-3H3/t15-/m1/s1. The zero-order chi connectivity index (χ0) is 20.4. The number of aromatic nitrogens is 3. The van der Waals surface area contributed by atoms with E-state index in [0.29, 0.717) is 30.6 Å². The topological polar surface area (TPSA) is 88.5 Å². The van der Waals surface area contributed by atoms with Crippen LogP contribution in [0.2, 0.25) is 0 Å². The minimum absolute atomic E-state index is 0.0185. The number of hydrogen-bond donors (Lipinski definition) is 0. The van der Waals surface area contributed by atoms with Crippen LogP contribution in [-0.4, -0.2) is 57.2 Å². The van der Waals surface area contributed by atoms with Gasteiger partial charge in [-0.15, -0.1) is 0 Å². The fourth-order valence-electron chi connectivity index (χ4n) is 3.40. The summed E-state index contributed by atoms with van der Waals surface area (Å²) in [6, 6.07) is 11.5. The van der Waals surface area contributed by atoms with Crippen molar-refractivity contribution in [2.45, 2.75) is 32.7 Å². The molecule has 1 aromatic carbocycles. The molecule has 1 atom stereocenters. The second-order valence-corrected chi connectivity index (χ2v) is 7.60. The van der Waals surface area contributed by atoms with E-state index in [2.05, 4.69) is 20.2 Å². The molecule has 152 valence electrons. The number of benzene rings is 1. The number of carbonyl (C=O) groups excluding carboxylic acids is 1. The largest absolute Gasteiger partial charge is 0.351 e. The fraction of sp³-hybridized carbons (Fsp3) is 0.429. The molecular weight excluding hydrogens is 370 g/mol. The molecule has 8 heteroatoms. The van der Waals surface area contributed by atoms with Gasteiger partial charge in [-0.25, -0.2) is 0 Å². The van der Waals surface area contributed by atoms with Crippen LogP contribution in [0.25, 0.3) is 11.4 Å². The minimum atomic E-state index is -0.110. The summed E-state index contributed by atoms with van der Waals surface area (Å²) in [7, 11) is 0. The van der Waals surface area contributed by atoms with E-state index in [1.807, 2.05) is 51.1 Å². The summed E-state index contributed by atoms with van der Waals surface area (Å²) in [5.74, 6) is 1.60. The molecule has 8 nitrogen and oxygen atoms in total. The Morgan fingerprint density at radius 3 is 2.38 bits per heavy atom. The van der Waals surface area contributed by atoms with E-state index in [9.17, 15) is 4.79 Å². The van der Waals surface area contributed by atoms with Gasteiger partial charge in [0, 0.05) is 37.8 Å². The van der Waals surface area contributed by atoms with E-state index in [-0.39, 0.29) is 17.9 Å². The fourth-order valence-corrected chi connectivity index (χ4v) is 3.40. The van der Waals surface area contributed by atoms with Gasteiger partial charge in [-0.1, -0.05) is 54.5 Å². The highest BCUT2D eigenvalue weighted by Gasteiger charge is 2.29. The van der Waals surface area contributed by atoms with Crippen molar-refractivity contribution in [3.8, 4) is 11.4 Å². The Labute approximate surface area is 169 Å². The van der Waals surface area contributed by atoms with Gasteiger partial charge in [-0.3, -0.25) is 9.69 Å². The Balaban J connectivity index is 1.36. The van der Waals surface area contributed by atoms with Crippen LogP contribution >= 0.6 is 0 Å². The summed E-state index contributed by atoms with van der Waals surface area (Å²) < 4.78 is 10.7. The predicted molar refractivity (Wildman–Crippen MR) is 106 cm³/mol. The third-order valence-electron chi connectivity index (χ3n) is 5.31. The van der Waals surface area contributed by atoms with Crippen molar-refractivity contribution < 1.29 is 13.8 Å². The van der Waals surface area contributed by atoms with Gasteiger partial charge >= 0.3 is 0 Å². The Morgan fingerprint density at radius 2 is 1.72 bits per heavy atom. The molecular formula is C21H25N5O3. The number of amides is 1. The molecule has 1 aliphatic heterocycles. The Kier molecular flexibility index (Phi) is 5.44. The molecule has 0 saturated carbocycles. The highest BCUT2D eigenvalue weighted by atomic mass is 16.5. The van der Waals surface area contributed by atoms with Gasteiger partial charge in [0.2, 0.25) is 17.5 Å². The Hall–Kier alpha value is -3.00. The van der Waals surface area contributed by atoms with Crippen molar-refractivity contribution in [1.82, 2.24) is 25.1 Å². The number of carbonyl (C=O) groups is 1. The lowest BCUT2D eigenvalue weighted by molar-refractivity contribution is 0.0516. The first-order valence-corrected chi connectivity index (χ1v) is 9.92. The van der Waals surface area contributed by atoms with Crippen molar-refractivity contribution in [2.75, 3.05) is 26.2 Å². The zero-order valence-electron chi connectivity index (χ0n) is 16.9. The monoisotopic (exact) mass is 395 g/mol. The molecule has 29 heavy (non-hydrogen) atoms. The molecule has 0 N–H and O–H groups in total. The molecule has 1 fully saturated rings. The molecule has 1 saturated heterocycles. The van der Waals surface area contributed by atoms with Gasteiger partial charge < -0.3 is 13.9 Å². The molecule has 1 aliphatic rings. The van der Waals surface area contributed by atoms with Gasteiger partial charge in [-0.05, 0) is 12.8 Å². The lowest BCUT2D eigenvalue weighted by Gasteiger charge is -2.36. The van der Waals surface area contributed by atoms with Crippen LogP contribution in [0.4, 0.5) is 0 Å². The summed E-state index contributed by atoms with van der Waals surface area (Å²) >= 11 is 0. The van der Waals surface area contributed by atoms with Crippen LogP contribution in [0.1, 0.15) is 54.9 Å². The van der Waals surface area contributed by atoms with Gasteiger partial charge in [-0.2, -0.15) is 4.98 Å². The van der Waals surface area contributed by atoms with E-state index < -0.39 is 0 Å². The Morgan fingerprint density at radius 1 is 1.00 bits per heavy atom. The van der Waals surface area contributed by atoms with Crippen LogP contribution in [0, 0.1) is 0 Å². The quantitative estimate of drug-likeness (QED) is 0.654. The highest BCUT2D eigenvalue weighted by molar-refractivity contribution is 5.91. The first-order valence-electron chi connectivity index (χ1n) is 9.92. The summed E-state index contributed by atoms with van der Waals surface area (Å²) in [6.07, 6.45) is 0. The minimum Gasteiger partial charge on any atom is -0.351 e. The molecule has 0 aliphatic carbocycles. The molecule has 4 rings (SSSR count). The van der Waals surface area contributed by atoms with Crippen LogP contribution in [0.5, 0.6) is 0 Å². The maximum Gasteiger partial charge on any atom is 0.292 e. The van der Waals surface area contributed by atoms with Crippen molar-refractivity contribution >= 4 is 5.91 Å². The second kappa shape index (κ2) is 8.16.